The number of benzene rings is 1. The molecule has 1 atom stereocenters. The molecule has 2 heterocycles. The van der Waals surface area contributed by atoms with Gasteiger partial charge in [-0.25, -0.2) is 0 Å². The van der Waals surface area contributed by atoms with Crippen molar-refractivity contribution in [1.82, 2.24) is 10.2 Å². The predicted molar refractivity (Wildman–Crippen MR) is 108 cm³/mol. The van der Waals surface area contributed by atoms with E-state index in [1.54, 1.807) is 36.4 Å². The highest BCUT2D eigenvalue weighted by Crippen LogP contribution is 2.16. The summed E-state index contributed by atoms with van der Waals surface area (Å²) in [6.45, 7) is 5.13. The number of carbonyl (C=O) groups excluding carboxylic acids is 2. The van der Waals surface area contributed by atoms with E-state index in [4.69, 9.17) is 4.42 Å². The Bertz CT molecular complexity index is 782. The molecule has 2 amide bonds. The Hall–Kier alpha value is -2.12. The number of halogens is 1. The first-order valence-corrected chi connectivity index (χ1v) is 10.0. The van der Waals surface area contributed by atoms with Crippen LogP contribution in [0.5, 0.6) is 0 Å². The smallest absolute Gasteiger partial charge is 0.291 e. The molecule has 1 fully saturated rings. The minimum Gasteiger partial charge on any atom is -0.444 e. The SMILES string of the molecule is CC(CN1CCCCC1)NC(=O)c1ccc(NC(=O)c2ccc(Br)o2)cc1. The van der Waals surface area contributed by atoms with E-state index < -0.39 is 0 Å². The van der Waals surface area contributed by atoms with E-state index in [2.05, 4.69) is 31.5 Å². The molecule has 1 aliphatic rings. The molecule has 6 nitrogen and oxygen atoms in total. The summed E-state index contributed by atoms with van der Waals surface area (Å²) in [7, 11) is 0. The molecule has 1 aromatic heterocycles. The summed E-state index contributed by atoms with van der Waals surface area (Å²) in [6.07, 6.45) is 3.78. The number of furan rings is 1. The fraction of sp³-hybridized carbons (Fsp3) is 0.400. The summed E-state index contributed by atoms with van der Waals surface area (Å²) in [4.78, 5) is 26.9. The minimum absolute atomic E-state index is 0.0902. The normalized spacial score (nSPS) is 15.9. The Kier molecular flexibility index (Phi) is 6.68. The number of anilines is 1. The van der Waals surface area contributed by atoms with Crippen molar-refractivity contribution in [2.75, 3.05) is 25.0 Å². The highest BCUT2D eigenvalue weighted by atomic mass is 79.9. The number of carbonyl (C=O) groups is 2. The maximum Gasteiger partial charge on any atom is 0.291 e. The van der Waals surface area contributed by atoms with Crippen molar-refractivity contribution in [3.8, 4) is 0 Å². The molecule has 1 aromatic carbocycles. The summed E-state index contributed by atoms with van der Waals surface area (Å²) in [5.41, 5.74) is 1.17. The van der Waals surface area contributed by atoms with Crippen LogP contribution in [-0.2, 0) is 0 Å². The number of hydrogen-bond acceptors (Lipinski definition) is 4. The van der Waals surface area contributed by atoms with Crippen molar-refractivity contribution in [3.63, 3.8) is 0 Å². The van der Waals surface area contributed by atoms with E-state index in [1.165, 1.54) is 19.3 Å². The third kappa shape index (κ3) is 5.68. The lowest BCUT2D eigenvalue weighted by molar-refractivity contribution is 0.0925. The first-order chi connectivity index (χ1) is 13.0. The van der Waals surface area contributed by atoms with Gasteiger partial charge in [-0.15, -0.1) is 0 Å². The molecule has 0 radical (unpaired) electrons. The molecule has 1 unspecified atom stereocenters. The molecule has 0 aliphatic carbocycles. The molecule has 144 valence electrons. The highest BCUT2D eigenvalue weighted by Gasteiger charge is 2.16. The van der Waals surface area contributed by atoms with Crippen LogP contribution >= 0.6 is 15.9 Å². The quantitative estimate of drug-likeness (QED) is 0.724. The van der Waals surface area contributed by atoms with Gasteiger partial charge in [-0.3, -0.25) is 9.59 Å². The van der Waals surface area contributed by atoms with E-state index in [0.717, 1.165) is 19.6 Å². The average molecular weight is 434 g/mol. The van der Waals surface area contributed by atoms with Gasteiger partial charge in [0.2, 0.25) is 0 Å². The van der Waals surface area contributed by atoms with Gasteiger partial charge in [-0.1, -0.05) is 6.42 Å². The zero-order valence-corrected chi connectivity index (χ0v) is 16.9. The Morgan fingerprint density at radius 1 is 1.07 bits per heavy atom. The lowest BCUT2D eigenvalue weighted by Gasteiger charge is -2.29. The first-order valence-electron chi connectivity index (χ1n) is 9.21. The first kappa shape index (κ1) is 19.6. The Morgan fingerprint density at radius 2 is 1.78 bits per heavy atom. The molecule has 1 aliphatic heterocycles. The summed E-state index contributed by atoms with van der Waals surface area (Å²) in [5, 5.41) is 5.78. The standard InChI is InChI=1S/C20H24BrN3O3/c1-14(13-24-11-3-2-4-12-24)22-19(25)15-5-7-16(8-6-15)23-20(26)17-9-10-18(21)27-17/h5-10,14H,2-4,11-13H2,1H3,(H,22,25)(H,23,26). The predicted octanol–water partition coefficient (Wildman–Crippen LogP) is 3.90. The second-order valence-electron chi connectivity index (χ2n) is 6.87. The van der Waals surface area contributed by atoms with E-state index in [-0.39, 0.29) is 23.6 Å². The van der Waals surface area contributed by atoms with E-state index in [1.807, 2.05) is 6.92 Å². The van der Waals surface area contributed by atoms with Crippen LogP contribution in [-0.4, -0.2) is 42.4 Å². The fourth-order valence-electron chi connectivity index (χ4n) is 3.22. The van der Waals surface area contributed by atoms with Crippen molar-refractivity contribution < 1.29 is 14.0 Å². The molecule has 2 N–H and O–H groups in total. The topological polar surface area (TPSA) is 74.6 Å². The van der Waals surface area contributed by atoms with E-state index in [0.29, 0.717) is 15.9 Å². The average Bonchev–Trinajstić information content (AvgIpc) is 3.09. The van der Waals surface area contributed by atoms with Crippen LogP contribution in [0.2, 0.25) is 0 Å². The number of rotatable bonds is 6. The molecular weight excluding hydrogens is 410 g/mol. The maximum atomic E-state index is 12.4. The summed E-state index contributed by atoms with van der Waals surface area (Å²) >= 11 is 3.17. The number of likely N-dealkylation sites (tertiary alicyclic amines) is 1. The number of hydrogen-bond donors (Lipinski definition) is 2. The maximum absolute atomic E-state index is 12.4. The van der Waals surface area contributed by atoms with Crippen LogP contribution < -0.4 is 10.6 Å². The zero-order chi connectivity index (χ0) is 19.2. The van der Waals surface area contributed by atoms with Gasteiger partial charge in [-0.2, -0.15) is 0 Å². The third-order valence-electron chi connectivity index (χ3n) is 4.56. The summed E-state index contributed by atoms with van der Waals surface area (Å²) < 4.78 is 5.72. The van der Waals surface area contributed by atoms with Gasteiger partial charge in [-0.05, 0) is 85.2 Å². The molecule has 0 spiro atoms. The number of amides is 2. The van der Waals surface area contributed by atoms with Gasteiger partial charge < -0.3 is 20.0 Å². The van der Waals surface area contributed by atoms with Gasteiger partial charge in [0.15, 0.2) is 10.4 Å². The molecule has 0 bridgehead atoms. The lowest BCUT2D eigenvalue weighted by atomic mass is 10.1. The van der Waals surface area contributed by atoms with Crippen molar-refractivity contribution in [1.29, 1.82) is 0 Å². The lowest BCUT2D eigenvalue weighted by Crippen LogP contribution is -2.43. The Balaban J connectivity index is 1.51. The Morgan fingerprint density at radius 3 is 2.41 bits per heavy atom. The van der Waals surface area contributed by atoms with Crippen LogP contribution in [0.4, 0.5) is 5.69 Å². The molecular formula is C20H24BrN3O3. The summed E-state index contributed by atoms with van der Waals surface area (Å²) in [6, 6.07) is 10.2. The number of nitrogens with one attached hydrogen (secondary N) is 2. The zero-order valence-electron chi connectivity index (χ0n) is 15.3. The molecule has 2 aromatic rings. The third-order valence-corrected chi connectivity index (χ3v) is 4.99. The van der Waals surface area contributed by atoms with Crippen LogP contribution in [0, 0.1) is 0 Å². The minimum atomic E-state index is -0.340. The van der Waals surface area contributed by atoms with Crippen LogP contribution in [0.3, 0.4) is 0 Å². The largest absolute Gasteiger partial charge is 0.444 e. The van der Waals surface area contributed by atoms with Crippen LogP contribution in [0.25, 0.3) is 0 Å². The number of piperidine rings is 1. The van der Waals surface area contributed by atoms with E-state index in [9.17, 15) is 9.59 Å². The van der Waals surface area contributed by atoms with Crippen molar-refractivity contribution in [2.45, 2.75) is 32.2 Å². The van der Waals surface area contributed by atoms with Crippen molar-refractivity contribution in [2.24, 2.45) is 0 Å². The highest BCUT2D eigenvalue weighted by molar-refractivity contribution is 9.10. The molecule has 3 rings (SSSR count). The molecule has 7 heteroatoms. The van der Waals surface area contributed by atoms with Gasteiger partial charge in [0.05, 0.1) is 0 Å². The second kappa shape index (κ2) is 9.19. The van der Waals surface area contributed by atoms with E-state index >= 15 is 0 Å². The van der Waals surface area contributed by atoms with Crippen LogP contribution in [0.15, 0.2) is 45.5 Å². The molecule has 0 saturated carbocycles. The fourth-order valence-corrected chi connectivity index (χ4v) is 3.52. The summed E-state index contributed by atoms with van der Waals surface area (Å²) in [5.74, 6) is -0.226. The molecule has 27 heavy (non-hydrogen) atoms. The second-order valence-corrected chi connectivity index (χ2v) is 7.65. The monoisotopic (exact) mass is 433 g/mol. The van der Waals surface area contributed by atoms with Gasteiger partial charge in [0.1, 0.15) is 0 Å². The van der Waals surface area contributed by atoms with Crippen molar-refractivity contribution in [3.05, 3.63) is 52.4 Å². The van der Waals surface area contributed by atoms with Crippen molar-refractivity contribution >= 4 is 33.4 Å². The molecule has 1 saturated heterocycles. The van der Waals surface area contributed by atoms with Gasteiger partial charge in [0, 0.05) is 23.8 Å². The number of nitrogens with zero attached hydrogens (tertiary/aromatic N) is 1. The van der Waals surface area contributed by atoms with Crippen LogP contribution in [0.1, 0.15) is 47.1 Å². The Labute approximate surface area is 167 Å². The van der Waals surface area contributed by atoms with Gasteiger partial charge in [0.25, 0.3) is 11.8 Å². The van der Waals surface area contributed by atoms with Gasteiger partial charge >= 0.3 is 0 Å².